The molecule has 2 amide bonds. The van der Waals surface area contributed by atoms with Crippen molar-refractivity contribution in [2.24, 2.45) is 0 Å². The van der Waals surface area contributed by atoms with E-state index < -0.39 is 6.04 Å². The fourth-order valence-corrected chi connectivity index (χ4v) is 4.95. The largest absolute Gasteiger partial charge is 0.484 e. The number of halogens is 3. The standard InChI is InChI=1S/C25H29Cl2IN2O3/c1-2-23(25(32)29-18-7-4-3-5-8-18)30(15-20-21(26)9-6-10-22(20)27)24(31)16-33-19-13-11-17(28)12-14-19/h6,9-14,18,23H,2-5,7-8,15-16H2,1H3,(H,29,32). The Morgan fingerprint density at radius 3 is 2.33 bits per heavy atom. The monoisotopic (exact) mass is 602 g/mol. The molecule has 0 radical (unpaired) electrons. The summed E-state index contributed by atoms with van der Waals surface area (Å²) in [7, 11) is 0. The van der Waals surface area contributed by atoms with E-state index in [2.05, 4.69) is 27.9 Å². The summed E-state index contributed by atoms with van der Waals surface area (Å²) in [4.78, 5) is 28.1. The Labute approximate surface area is 219 Å². The summed E-state index contributed by atoms with van der Waals surface area (Å²) < 4.78 is 6.81. The van der Waals surface area contributed by atoms with E-state index in [1.807, 2.05) is 31.2 Å². The first kappa shape index (κ1) is 26.1. The lowest BCUT2D eigenvalue weighted by Crippen LogP contribution is -2.52. The molecule has 2 aromatic rings. The van der Waals surface area contributed by atoms with Crippen LogP contribution in [0.4, 0.5) is 0 Å². The number of hydrogen-bond donors (Lipinski definition) is 1. The Bertz CT molecular complexity index is 929. The van der Waals surface area contributed by atoms with Gasteiger partial charge in [-0.3, -0.25) is 9.59 Å². The number of rotatable bonds is 9. The van der Waals surface area contributed by atoms with Gasteiger partial charge in [0.05, 0.1) is 0 Å². The highest BCUT2D eigenvalue weighted by Crippen LogP contribution is 2.27. The van der Waals surface area contributed by atoms with Crippen LogP contribution in [0.3, 0.4) is 0 Å². The lowest BCUT2D eigenvalue weighted by atomic mass is 9.95. The summed E-state index contributed by atoms with van der Waals surface area (Å²) in [5.74, 6) is 0.157. The summed E-state index contributed by atoms with van der Waals surface area (Å²) in [6.07, 6.45) is 5.85. The molecule has 178 valence electrons. The molecule has 0 aliphatic heterocycles. The zero-order valence-corrected chi connectivity index (χ0v) is 22.3. The summed E-state index contributed by atoms with van der Waals surface area (Å²) in [5.41, 5.74) is 0.618. The zero-order valence-electron chi connectivity index (χ0n) is 18.7. The molecule has 0 spiro atoms. The lowest BCUT2D eigenvalue weighted by Gasteiger charge is -2.33. The van der Waals surface area contributed by atoms with E-state index in [4.69, 9.17) is 27.9 Å². The van der Waals surface area contributed by atoms with Crippen LogP contribution in [0.25, 0.3) is 0 Å². The first-order valence-corrected chi connectivity index (χ1v) is 13.1. The molecule has 2 aromatic carbocycles. The molecule has 1 fully saturated rings. The quantitative estimate of drug-likeness (QED) is 0.346. The number of carbonyl (C=O) groups excluding carboxylic acids is 2. The molecule has 33 heavy (non-hydrogen) atoms. The Hall–Kier alpha value is -1.51. The number of benzene rings is 2. The Balaban J connectivity index is 1.79. The topological polar surface area (TPSA) is 58.6 Å². The van der Waals surface area contributed by atoms with E-state index >= 15 is 0 Å². The summed E-state index contributed by atoms with van der Waals surface area (Å²) in [5, 5.41) is 4.08. The predicted molar refractivity (Wildman–Crippen MR) is 141 cm³/mol. The number of amides is 2. The molecular formula is C25H29Cl2IN2O3. The minimum absolute atomic E-state index is 0.129. The number of carbonyl (C=O) groups is 2. The molecule has 0 aromatic heterocycles. The molecule has 3 rings (SSSR count). The van der Waals surface area contributed by atoms with Crippen molar-refractivity contribution in [1.82, 2.24) is 10.2 Å². The van der Waals surface area contributed by atoms with Gasteiger partial charge in [0, 0.05) is 31.8 Å². The van der Waals surface area contributed by atoms with Crippen LogP contribution < -0.4 is 10.1 Å². The van der Waals surface area contributed by atoms with Crippen LogP contribution >= 0.6 is 45.8 Å². The maximum absolute atomic E-state index is 13.3. The molecule has 0 bridgehead atoms. The van der Waals surface area contributed by atoms with Gasteiger partial charge >= 0.3 is 0 Å². The Kier molecular flexibility index (Phi) is 10.1. The first-order valence-electron chi connectivity index (χ1n) is 11.3. The molecule has 1 unspecified atom stereocenters. The third-order valence-corrected chi connectivity index (χ3v) is 7.33. The molecule has 0 heterocycles. The van der Waals surface area contributed by atoms with Crippen LogP contribution in [0.5, 0.6) is 5.75 Å². The minimum Gasteiger partial charge on any atom is -0.484 e. The van der Waals surface area contributed by atoms with Crippen molar-refractivity contribution in [2.45, 2.75) is 64.1 Å². The SMILES string of the molecule is CCC(C(=O)NC1CCCCC1)N(Cc1c(Cl)cccc1Cl)C(=O)COc1ccc(I)cc1. The van der Waals surface area contributed by atoms with Crippen LogP contribution in [0.15, 0.2) is 42.5 Å². The summed E-state index contributed by atoms with van der Waals surface area (Å²) in [6.45, 7) is 1.85. The summed E-state index contributed by atoms with van der Waals surface area (Å²) in [6, 6.07) is 12.2. The number of ether oxygens (including phenoxy) is 1. The summed E-state index contributed by atoms with van der Waals surface area (Å²) >= 11 is 15.0. The van der Waals surface area contributed by atoms with E-state index in [0.29, 0.717) is 27.8 Å². The van der Waals surface area contributed by atoms with Crippen LogP contribution in [0, 0.1) is 3.57 Å². The van der Waals surface area contributed by atoms with Crippen molar-refractivity contribution < 1.29 is 14.3 Å². The average molecular weight is 603 g/mol. The molecule has 1 N–H and O–H groups in total. The molecule has 1 atom stereocenters. The molecule has 5 nitrogen and oxygen atoms in total. The second kappa shape index (κ2) is 12.8. The van der Waals surface area contributed by atoms with Gasteiger partial charge in [0.2, 0.25) is 5.91 Å². The fraction of sp³-hybridized carbons (Fsp3) is 0.440. The average Bonchev–Trinajstić information content (AvgIpc) is 2.81. The zero-order chi connectivity index (χ0) is 23.8. The molecule has 1 aliphatic rings. The third kappa shape index (κ3) is 7.49. The Morgan fingerprint density at radius 1 is 1.09 bits per heavy atom. The van der Waals surface area contributed by atoms with Gasteiger partial charge in [-0.2, -0.15) is 0 Å². The highest BCUT2D eigenvalue weighted by molar-refractivity contribution is 14.1. The van der Waals surface area contributed by atoms with E-state index in [-0.39, 0.29) is 31.0 Å². The normalized spacial score (nSPS) is 15.0. The smallest absolute Gasteiger partial charge is 0.261 e. The van der Waals surface area contributed by atoms with Crippen LogP contribution in [-0.2, 0) is 16.1 Å². The second-order valence-corrected chi connectivity index (χ2v) is 10.3. The van der Waals surface area contributed by atoms with Crippen molar-refractivity contribution >= 4 is 57.6 Å². The van der Waals surface area contributed by atoms with E-state index in [9.17, 15) is 9.59 Å². The molecular weight excluding hydrogens is 574 g/mol. The Morgan fingerprint density at radius 2 is 1.73 bits per heavy atom. The molecule has 0 saturated heterocycles. The number of hydrogen-bond acceptors (Lipinski definition) is 3. The second-order valence-electron chi connectivity index (χ2n) is 8.23. The van der Waals surface area contributed by atoms with Gasteiger partial charge in [0.1, 0.15) is 11.8 Å². The van der Waals surface area contributed by atoms with Gasteiger partial charge in [-0.15, -0.1) is 0 Å². The molecule has 1 aliphatic carbocycles. The highest BCUT2D eigenvalue weighted by atomic mass is 127. The van der Waals surface area contributed by atoms with E-state index in [1.54, 1.807) is 18.2 Å². The maximum Gasteiger partial charge on any atom is 0.261 e. The van der Waals surface area contributed by atoms with Crippen LogP contribution in [0.2, 0.25) is 10.0 Å². The van der Waals surface area contributed by atoms with Crippen molar-refractivity contribution in [3.8, 4) is 5.75 Å². The molecule has 1 saturated carbocycles. The van der Waals surface area contributed by atoms with Crippen molar-refractivity contribution in [2.75, 3.05) is 6.61 Å². The van der Waals surface area contributed by atoms with E-state index in [0.717, 1.165) is 29.3 Å². The van der Waals surface area contributed by atoms with Gasteiger partial charge in [-0.05, 0) is 78.3 Å². The van der Waals surface area contributed by atoms with Gasteiger partial charge < -0.3 is 15.0 Å². The predicted octanol–water partition coefficient (Wildman–Crippen LogP) is 6.23. The van der Waals surface area contributed by atoms with Gasteiger partial charge in [-0.1, -0.05) is 55.5 Å². The van der Waals surface area contributed by atoms with E-state index in [1.165, 1.54) is 11.3 Å². The number of nitrogens with one attached hydrogen (secondary N) is 1. The highest BCUT2D eigenvalue weighted by Gasteiger charge is 2.31. The number of nitrogens with zero attached hydrogens (tertiary/aromatic N) is 1. The molecule has 8 heteroatoms. The first-order chi connectivity index (χ1) is 15.9. The van der Waals surface area contributed by atoms with Gasteiger partial charge in [0.25, 0.3) is 5.91 Å². The van der Waals surface area contributed by atoms with Crippen molar-refractivity contribution in [3.05, 3.63) is 61.6 Å². The van der Waals surface area contributed by atoms with Crippen molar-refractivity contribution in [3.63, 3.8) is 0 Å². The van der Waals surface area contributed by atoms with Crippen LogP contribution in [-0.4, -0.2) is 35.4 Å². The van der Waals surface area contributed by atoms with Gasteiger partial charge in [-0.25, -0.2) is 0 Å². The fourth-order valence-electron chi connectivity index (χ4n) is 4.08. The van der Waals surface area contributed by atoms with Gasteiger partial charge in [0.15, 0.2) is 6.61 Å². The maximum atomic E-state index is 13.3. The minimum atomic E-state index is -0.646. The third-order valence-electron chi connectivity index (χ3n) is 5.90. The lowest BCUT2D eigenvalue weighted by molar-refractivity contribution is -0.143. The van der Waals surface area contributed by atoms with Crippen LogP contribution in [0.1, 0.15) is 51.0 Å². The van der Waals surface area contributed by atoms with Crippen molar-refractivity contribution in [1.29, 1.82) is 0 Å².